The van der Waals surface area contributed by atoms with Crippen molar-refractivity contribution in [2.75, 3.05) is 13.1 Å². The maximum atomic E-state index is 4.03. The van der Waals surface area contributed by atoms with Crippen LogP contribution in [0.3, 0.4) is 0 Å². The number of rotatable bonds is 2. The summed E-state index contributed by atoms with van der Waals surface area (Å²) in [5.74, 6) is 0. The minimum absolute atomic E-state index is 0.736. The molecule has 1 atom stereocenters. The van der Waals surface area contributed by atoms with Crippen molar-refractivity contribution in [1.29, 1.82) is 0 Å². The Morgan fingerprint density at radius 1 is 1.29 bits per heavy atom. The number of pyridine rings is 1. The van der Waals surface area contributed by atoms with Gasteiger partial charge in [-0.3, -0.25) is 4.98 Å². The van der Waals surface area contributed by atoms with E-state index in [0.29, 0.717) is 0 Å². The van der Waals surface area contributed by atoms with E-state index in [1.165, 1.54) is 30.7 Å². The van der Waals surface area contributed by atoms with Gasteiger partial charge in [-0.05, 0) is 31.5 Å². The van der Waals surface area contributed by atoms with Gasteiger partial charge < -0.3 is 5.32 Å². The molecule has 1 aromatic heterocycles. The highest BCUT2D eigenvalue weighted by atomic mass is 32.2. The minimum Gasteiger partial charge on any atom is -0.316 e. The SMILES string of the molecule is c1cc(SC2CCCCNC2)ccn1. The highest BCUT2D eigenvalue weighted by Crippen LogP contribution is 2.26. The summed E-state index contributed by atoms with van der Waals surface area (Å²) >= 11 is 1.98. The van der Waals surface area contributed by atoms with Crippen LogP contribution in [0.15, 0.2) is 29.4 Å². The van der Waals surface area contributed by atoms with Crippen LogP contribution in [0.2, 0.25) is 0 Å². The summed E-state index contributed by atoms with van der Waals surface area (Å²) in [7, 11) is 0. The molecular formula is C11H16N2S. The summed E-state index contributed by atoms with van der Waals surface area (Å²) in [4.78, 5) is 5.37. The van der Waals surface area contributed by atoms with Crippen LogP contribution in [0.5, 0.6) is 0 Å². The fourth-order valence-corrected chi connectivity index (χ4v) is 2.85. The Morgan fingerprint density at radius 2 is 2.14 bits per heavy atom. The van der Waals surface area contributed by atoms with Crippen molar-refractivity contribution in [3.05, 3.63) is 24.5 Å². The molecule has 0 aliphatic carbocycles. The molecule has 1 aliphatic rings. The van der Waals surface area contributed by atoms with Crippen LogP contribution >= 0.6 is 11.8 Å². The van der Waals surface area contributed by atoms with Gasteiger partial charge in [0.25, 0.3) is 0 Å². The molecule has 1 unspecified atom stereocenters. The Bertz CT molecular complexity index is 255. The maximum absolute atomic E-state index is 4.03. The molecule has 2 heterocycles. The molecule has 1 aliphatic heterocycles. The highest BCUT2D eigenvalue weighted by molar-refractivity contribution is 8.00. The van der Waals surface area contributed by atoms with Crippen LogP contribution in [0.25, 0.3) is 0 Å². The minimum atomic E-state index is 0.736. The van der Waals surface area contributed by atoms with Gasteiger partial charge in [-0.1, -0.05) is 6.42 Å². The van der Waals surface area contributed by atoms with Crippen molar-refractivity contribution >= 4 is 11.8 Å². The maximum Gasteiger partial charge on any atom is 0.0278 e. The first-order valence-corrected chi connectivity index (χ1v) is 6.10. The number of thioether (sulfide) groups is 1. The normalized spacial score (nSPS) is 23.0. The van der Waals surface area contributed by atoms with E-state index < -0.39 is 0 Å². The van der Waals surface area contributed by atoms with Crippen LogP contribution in [0.1, 0.15) is 19.3 Å². The predicted molar refractivity (Wildman–Crippen MR) is 60.6 cm³/mol. The molecule has 0 bridgehead atoms. The lowest BCUT2D eigenvalue weighted by atomic mass is 10.2. The third kappa shape index (κ3) is 3.00. The summed E-state index contributed by atoms with van der Waals surface area (Å²) in [6.07, 6.45) is 7.75. The first-order chi connectivity index (χ1) is 6.95. The lowest BCUT2D eigenvalue weighted by Crippen LogP contribution is -2.22. The van der Waals surface area contributed by atoms with Crippen LogP contribution in [0, 0.1) is 0 Å². The van der Waals surface area contributed by atoms with Gasteiger partial charge in [0, 0.05) is 29.1 Å². The van der Waals surface area contributed by atoms with E-state index in [2.05, 4.69) is 22.4 Å². The fraction of sp³-hybridized carbons (Fsp3) is 0.545. The van der Waals surface area contributed by atoms with E-state index in [0.717, 1.165) is 11.8 Å². The summed E-state index contributed by atoms with van der Waals surface area (Å²) in [5, 5.41) is 4.22. The highest BCUT2D eigenvalue weighted by Gasteiger charge is 2.12. The second-order valence-electron chi connectivity index (χ2n) is 3.62. The molecule has 1 aromatic rings. The van der Waals surface area contributed by atoms with E-state index in [-0.39, 0.29) is 0 Å². The molecule has 2 rings (SSSR count). The largest absolute Gasteiger partial charge is 0.316 e. The Kier molecular flexibility index (Phi) is 3.83. The average molecular weight is 208 g/mol. The van der Waals surface area contributed by atoms with Gasteiger partial charge in [-0.2, -0.15) is 0 Å². The third-order valence-corrected chi connectivity index (χ3v) is 3.73. The van der Waals surface area contributed by atoms with Crippen molar-refractivity contribution in [3.8, 4) is 0 Å². The van der Waals surface area contributed by atoms with E-state index in [4.69, 9.17) is 0 Å². The van der Waals surface area contributed by atoms with Gasteiger partial charge >= 0.3 is 0 Å². The number of hydrogen-bond donors (Lipinski definition) is 1. The van der Waals surface area contributed by atoms with Gasteiger partial charge in [-0.25, -0.2) is 0 Å². The Hall–Kier alpha value is -0.540. The number of nitrogens with zero attached hydrogens (tertiary/aromatic N) is 1. The first-order valence-electron chi connectivity index (χ1n) is 5.22. The van der Waals surface area contributed by atoms with Gasteiger partial charge in [0.1, 0.15) is 0 Å². The van der Waals surface area contributed by atoms with Crippen molar-refractivity contribution in [1.82, 2.24) is 10.3 Å². The van der Waals surface area contributed by atoms with Crippen molar-refractivity contribution in [3.63, 3.8) is 0 Å². The molecule has 0 radical (unpaired) electrons. The first kappa shape index (κ1) is 9.99. The molecule has 76 valence electrons. The lowest BCUT2D eigenvalue weighted by molar-refractivity contribution is 0.706. The summed E-state index contributed by atoms with van der Waals surface area (Å²) in [5.41, 5.74) is 0. The standard InChI is InChI=1S/C11H16N2S/c1-2-6-13-9-11(3-1)14-10-4-7-12-8-5-10/h4-5,7-8,11,13H,1-3,6,9H2. The third-order valence-electron chi connectivity index (χ3n) is 2.45. The Balaban J connectivity index is 1.90. The number of nitrogens with one attached hydrogen (secondary N) is 1. The number of hydrogen-bond acceptors (Lipinski definition) is 3. The molecule has 1 N–H and O–H groups in total. The molecule has 2 nitrogen and oxygen atoms in total. The molecule has 0 saturated carbocycles. The Morgan fingerprint density at radius 3 is 3.00 bits per heavy atom. The molecule has 0 aromatic carbocycles. The van der Waals surface area contributed by atoms with Crippen molar-refractivity contribution in [2.24, 2.45) is 0 Å². The molecule has 3 heteroatoms. The molecule has 1 fully saturated rings. The Labute approximate surface area is 89.5 Å². The van der Waals surface area contributed by atoms with E-state index in [1.807, 2.05) is 24.2 Å². The monoisotopic (exact) mass is 208 g/mol. The quantitative estimate of drug-likeness (QED) is 0.807. The molecule has 0 spiro atoms. The predicted octanol–water partition coefficient (Wildman–Crippen LogP) is 2.32. The van der Waals surface area contributed by atoms with Gasteiger partial charge in [0.05, 0.1) is 0 Å². The van der Waals surface area contributed by atoms with Crippen LogP contribution in [0.4, 0.5) is 0 Å². The lowest BCUT2D eigenvalue weighted by Gasteiger charge is -2.13. The smallest absolute Gasteiger partial charge is 0.0278 e. The zero-order chi connectivity index (χ0) is 9.64. The van der Waals surface area contributed by atoms with Crippen LogP contribution in [-0.2, 0) is 0 Å². The van der Waals surface area contributed by atoms with Gasteiger partial charge in [0.2, 0.25) is 0 Å². The van der Waals surface area contributed by atoms with Crippen molar-refractivity contribution < 1.29 is 0 Å². The topological polar surface area (TPSA) is 24.9 Å². The zero-order valence-corrected chi connectivity index (χ0v) is 9.09. The molecule has 0 amide bonds. The fourth-order valence-electron chi connectivity index (χ4n) is 1.70. The van der Waals surface area contributed by atoms with Gasteiger partial charge in [0.15, 0.2) is 0 Å². The van der Waals surface area contributed by atoms with Crippen LogP contribution < -0.4 is 5.32 Å². The second-order valence-corrected chi connectivity index (χ2v) is 5.00. The molecule has 14 heavy (non-hydrogen) atoms. The summed E-state index contributed by atoms with van der Waals surface area (Å²) in [6.45, 7) is 2.33. The summed E-state index contributed by atoms with van der Waals surface area (Å²) in [6, 6.07) is 4.19. The summed E-state index contributed by atoms with van der Waals surface area (Å²) < 4.78 is 0. The second kappa shape index (κ2) is 5.37. The van der Waals surface area contributed by atoms with Gasteiger partial charge in [-0.15, -0.1) is 11.8 Å². The number of aromatic nitrogens is 1. The average Bonchev–Trinajstić information content (AvgIpc) is 2.48. The molecule has 1 saturated heterocycles. The van der Waals surface area contributed by atoms with E-state index in [9.17, 15) is 0 Å². The zero-order valence-electron chi connectivity index (χ0n) is 8.28. The van der Waals surface area contributed by atoms with E-state index >= 15 is 0 Å². The van der Waals surface area contributed by atoms with Crippen LogP contribution in [-0.4, -0.2) is 23.3 Å². The van der Waals surface area contributed by atoms with E-state index in [1.54, 1.807) is 0 Å². The molecular weight excluding hydrogens is 192 g/mol. The van der Waals surface area contributed by atoms with Crippen molar-refractivity contribution in [2.45, 2.75) is 29.4 Å².